The van der Waals surface area contributed by atoms with E-state index in [4.69, 9.17) is 4.74 Å². The van der Waals surface area contributed by atoms with Gasteiger partial charge in [0.2, 0.25) is 0 Å². The number of benzene rings is 1. The van der Waals surface area contributed by atoms with Gasteiger partial charge in [-0.15, -0.1) is 0 Å². The summed E-state index contributed by atoms with van der Waals surface area (Å²) in [6.07, 6.45) is 2.83. The standard InChI is InChI=1S/C15H21NO2/c1-10-7-13(15(18-3)8-11(10)2)14(17)9-12-5-4-6-16-12/h7-8,12,16H,4-6,9H2,1-3H3. The lowest BCUT2D eigenvalue weighted by Gasteiger charge is -2.13. The first-order valence-corrected chi connectivity index (χ1v) is 6.53. The average Bonchev–Trinajstić information content (AvgIpc) is 2.84. The Kier molecular flexibility index (Phi) is 4.02. The van der Waals surface area contributed by atoms with Crippen molar-refractivity contribution in [1.82, 2.24) is 5.32 Å². The van der Waals surface area contributed by atoms with E-state index in [0.717, 1.165) is 24.1 Å². The molecule has 1 saturated heterocycles. The van der Waals surface area contributed by atoms with Gasteiger partial charge in [-0.25, -0.2) is 0 Å². The Hall–Kier alpha value is -1.35. The molecule has 2 rings (SSSR count). The highest BCUT2D eigenvalue weighted by atomic mass is 16.5. The number of rotatable bonds is 4. The zero-order valence-corrected chi connectivity index (χ0v) is 11.4. The Morgan fingerprint density at radius 1 is 1.39 bits per heavy atom. The molecule has 1 fully saturated rings. The lowest BCUT2D eigenvalue weighted by molar-refractivity contribution is 0.0968. The first kappa shape index (κ1) is 13.1. The van der Waals surface area contributed by atoms with E-state index in [1.165, 1.54) is 6.42 Å². The number of methoxy groups -OCH3 is 1. The van der Waals surface area contributed by atoms with Crippen molar-refractivity contribution in [1.29, 1.82) is 0 Å². The molecule has 3 nitrogen and oxygen atoms in total. The molecular weight excluding hydrogens is 226 g/mol. The molecule has 0 spiro atoms. The van der Waals surface area contributed by atoms with Gasteiger partial charge >= 0.3 is 0 Å². The summed E-state index contributed by atoms with van der Waals surface area (Å²) in [6.45, 7) is 5.09. The summed E-state index contributed by atoms with van der Waals surface area (Å²) in [6, 6.07) is 4.24. The predicted octanol–water partition coefficient (Wildman–Crippen LogP) is 2.64. The van der Waals surface area contributed by atoms with E-state index in [1.807, 2.05) is 26.0 Å². The maximum Gasteiger partial charge on any atom is 0.168 e. The Bertz CT molecular complexity index is 448. The molecule has 1 aliphatic rings. The second-order valence-electron chi connectivity index (χ2n) is 5.06. The minimum absolute atomic E-state index is 0.175. The summed E-state index contributed by atoms with van der Waals surface area (Å²) in [7, 11) is 1.62. The van der Waals surface area contributed by atoms with Crippen molar-refractivity contribution in [3.8, 4) is 5.75 Å². The first-order valence-electron chi connectivity index (χ1n) is 6.53. The van der Waals surface area contributed by atoms with Crippen molar-refractivity contribution in [2.75, 3.05) is 13.7 Å². The van der Waals surface area contributed by atoms with Crippen LogP contribution in [0.25, 0.3) is 0 Å². The highest BCUT2D eigenvalue weighted by Gasteiger charge is 2.21. The monoisotopic (exact) mass is 247 g/mol. The summed E-state index contributed by atoms with van der Waals surface area (Å²) in [5.74, 6) is 0.871. The number of hydrogen-bond acceptors (Lipinski definition) is 3. The number of nitrogens with one attached hydrogen (secondary N) is 1. The number of aryl methyl sites for hydroxylation is 2. The number of carbonyl (C=O) groups excluding carboxylic acids is 1. The quantitative estimate of drug-likeness (QED) is 0.831. The van der Waals surface area contributed by atoms with Crippen molar-refractivity contribution in [2.24, 2.45) is 0 Å². The van der Waals surface area contributed by atoms with E-state index in [-0.39, 0.29) is 5.78 Å². The third kappa shape index (κ3) is 2.72. The number of hydrogen-bond donors (Lipinski definition) is 1. The van der Waals surface area contributed by atoms with E-state index in [1.54, 1.807) is 7.11 Å². The van der Waals surface area contributed by atoms with Crippen LogP contribution >= 0.6 is 0 Å². The van der Waals surface area contributed by atoms with Crippen LogP contribution in [0.15, 0.2) is 12.1 Å². The van der Waals surface area contributed by atoms with Crippen LogP contribution in [0.2, 0.25) is 0 Å². The van der Waals surface area contributed by atoms with E-state index in [0.29, 0.717) is 23.8 Å². The molecule has 0 bridgehead atoms. The second kappa shape index (κ2) is 5.53. The number of ketones is 1. The van der Waals surface area contributed by atoms with Crippen LogP contribution in [-0.2, 0) is 0 Å². The van der Waals surface area contributed by atoms with Gasteiger partial charge in [0.05, 0.1) is 12.7 Å². The molecule has 18 heavy (non-hydrogen) atoms. The Morgan fingerprint density at radius 3 is 2.72 bits per heavy atom. The summed E-state index contributed by atoms with van der Waals surface area (Å²) in [5, 5.41) is 3.36. The third-order valence-corrected chi connectivity index (χ3v) is 3.71. The van der Waals surface area contributed by atoms with Crippen LogP contribution in [0.4, 0.5) is 0 Å². The van der Waals surface area contributed by atoms with Crippen molar-refractivity contribution >= 4 is 5.78 Å². The van der Waals surface area contributed by atoms with Gasteiger partial charge in [-0.3, -0.25) is 4.79 Å². The van der Waals surface area contributed by atoms with Crippen LogP contribution in [-0.4, -0.2) is 25.5 Å². The molecule has 0 aliphatic carbocycles. The largest absolute Gasteiger partial charge is 0.496 e. The molecule has 1 aliphatic heterocycles. The van der Waals surface area contributed by atoms with Gasteiger partial charge in [0.15, 0.2) is 5.78 Å². The van der Waals surface area contributed by atoms with Gasteiger partial charge < -0.3 is 10.1 Å². The van der Waals surface area contributed by atoms with Crippen LogP contribution in [0.1, 0.15) is 40.7 Å². The first-order chi connectivity index (χ1) is 8.61. The fraction of sp³-hybridized carbons (Fsp3) is 0.533. The molecule has 1 atom stereocenters. The topological polar surface area (TPSA) is 38.3 Å². The van der Waals surface area contributed by atoms with E-state index in [9.17, 15) is 4.79 Å². The van der Waals surface area contributed by atoms with Crippen LogP contribution < -0.4 is 10.1 Å². The lowest BCUT2D eigenvalue weighted by atomic mass is 9.98. The fourth-order valence-electron chi connectivity index (χ4n) is 2.44. The van der Waals surface area contributed by atoms with Crippen molar-refractivity contribution in [3.63, 3.8) is 0 Å². The van der Waals surface area contributed by atoms with Crippen LogP contribution in [0.3, 0.4) is 0 Å². The molecule has 0 saturated carbocycles. The van der Waals surface area contributed by atoms with Gasteiger partial charge in [-0.1, -0.05) is 0 Å². The van der Waals surface area contributed by atoms with Gasteiger partial charge in [-0.05, 0) is 56.5 Å². The summed E-state index contributed by atoms with van der Waals surface area (Å²) in [4.78, 5) is 12.3. The zero-order valence-electron chi connectivity index (χ0n) is 11.4. The van der Waals surface area contributed by atoms with Crippen molar-refractivity contribution in [3.05, 3.63) is 28.8 Å². The van der Waals surface area contributed by atoms with Gasteiger partial charge in [-0.2, -0.15) is 0 Å². The Balaban J connectivity index is 2.20. The van der Waals surface area contributed by atoms with Gasteiger partial charge in [0.25, 0.3) is 0 Å². The van der Waals surface area contributed by atoms with E-state index in [2.05, 4.69) is 5.32 Å². The minimum atomic E-state index is 0.175. The van der Waals surface area contributed by atoms with E-state index >= 15 is 0 Å². The fourth-order valence-corrected chi connectivity index (χ4v) is 2.44. The summed E-state index contributed by atoms with van der Waals surface area (Å²) in [5.41, 5.74) is 3.01. The molecule has 1 aromatic rings. The second-order valence-corrected chi connectivity index (χ2v) is 5.06. The molecule has 1 heterocycles. The maximum absolute atomic E-state index is 12.3. The molecule has 3 heteroatoms. The molecule has 0 aromatic heterocycles. The smallest absolute Gasteiger partial charge is 0.168 e. The molecule has 1 aromatic carbocycles. The summed E-state index contributed by atoms with van der Waals surface area (Å²) >= 11 is 0. The molecule has 1 unspecified atom stereocenters. The van der Waals surface area contributed by atoms with Crippen LogP contribution in [0.5, 0.6) is 5.75 Å². The minimum Gasteiger partial charge on any atom is -0.496 e. The van der Waals surface area contributed by atoms with Gasteiger partial charge in [0.1, 0.15) is 5.75 Å². The third-order valence-electron chi connectivity index (χ3n) is 3.71. The van der Waals surface area contributed by atoms with E-state index < -0.39 is 0 Å². The zero-order chi connectivity index (χ0) is 13.1. The molecular formula is C15H21NO2. The SMILES string of the molecule is COc1cc(C)c(C)cc1C(=O)CC1CCCN1. The Labute approximate surface area is 109 Å². The Morgan fingerprint density at radius 2 is 2.11 bits per heavy atom. The number of Topliss-reactive ketones (excluding diaryl/α,β-unsaturated/α-hetero) is 1. The summed E-state index contributed by atoms with van der Waals surface area (Å²) < 4.78 is 5.33. The van der Waals surface area contributed by atoms with Gasteiger partial charge in [0, 0.05) is 12.5 Å². The lowest BCUT2D eigenvalue weighted by Crippen LogP contribution is -2.24. The normalized spacial score (nSPS) is 18.9. The predicted molar refractivity (Wildman–Crippen MR) is 72.4 cm³/mol. The average molecular weight is 247 g/mol. The molecule has 0 radical (unpaired) electrons. The highest BCUT2D eigenvalue weighted by molar-refractivity contribution is 5.99. The van der Waals surface area contributed by atoms with Crippen molar-refractivity contribution in [2.45, 2.75) is 39.2 Å². The highest BCUT2D eigenvalue weighted by Crippen LogP contribution is 2.25. The van der Waals surface area contributed by atoms with Crippen molar-refractivity contribution < 1.29 is 9.53 Å². The maximum atomic E-state index is 12.3. The molecule has 0 amide bonds. The number of carbonyl (C=O) groups is 1. The number of ether oxygens (including phenoxy) is 1. The molecule has 98 valence electrons. The molecule has 1 N–H and O–H groups in total. The van der Waals surface area contributed by atoms with Crippen LogP contribution in [0, 0.1) is 13.8 Å².